The first kappa shape index (κ1) is 26.9. The van der Waals surface area contributed by atoms with Crippen molar-refractivity contribution >= 4 is 17.5 Å². The lowest BCUT2D eigenvalue weighted by molar-refractivity contribution is -0.141. The van der Waals surface area contributed by atoms with Crippen LogP contribution in [0.3, 0.4) is 0 Å². The maximum Gasteiger partial charge on any atom is 0.249 e. The third-order valence-corrected chi connectivity index (χ3v) is 5.97. The summed E-state index contributed by atoms with van der Waals surface area (Å²) in [5.74, 6) is 0.340. The monoisotopic (exact) mass is 500 g/mol. The molecule has 3 aromatic rings. The van der Waals surface area contributed by atoms with Gasteiger partial charge in [0.25, 0.3) is 0 Å². The molecule has 3 rings (SSSR count). The molecule has 188 valence electrons. The molecular formula is C27H34ClFN4O2. The van der Waals surface area contributed by atoms with E-state index in [9.17, 15) is 9.18 Å². The molecule has 2 atom stereocenters. The van der Waals surface area contributed by atoms with E-state index >= 15 is 0 Å². The first-order chi connectivity index (χ1) is 16.6. The second-order valence-corrected chi connectivity index (χ2v) is 10.1. The van der Waals surface area contributed by atoms with E-state index in [1.54, 1.807) is 0 Å². The molecule has 0 radical (unpaired) electrons. The summed E-state index contributed by atoms with van der Waals surface area (Å²) in [4.78, 5) is 19.7. The van der Waals surface area contributed by atoms with Crippen LogP contribution in [-0.4, -0.2) is 53.3 Å². The van der Waals surface area contributed by atoms with Crippen LogP contribution in [0.4, 0.5) is 4.39 Å². The summed E-state index contributed by atoms with van der Waals surface area (Å²) in [6, 6.07) is 16.9. The molecule has 0 aliphatic carbocycles. The van der Waals surface area contributed by atoms with Gasteiger partial charge in [0.05, 0.1) is 18.3 Å². The van der Waals surface area contributed by atoms with Crippen LogP contribution in [0.25, 0.3) is 11.3 Å². The number of methoxy groups -OCH3 is 1. The van der Waals surface area contributed by atoms with Gasteiger partial charge in [-0.15, -0.1) is 0 Å². The van der Waals surface area contributed by atoms with E-state index in [0.29, 0.717) is 17.4 Å². The zero-order chi connectivity index (χ0) is 25.6. The Kier molecular flexibility index (Phi) is 9.05. The topological polar surface area (TPSA) is 73.4 Å². The second-order valence-electron chi connectivity index (χ2n) is 9.69. The van der Waals surface area contributed by atoms with E-state index in [-0.39, 0.29) is 25.6 Å². The average molecular weight is 501 g/mol. The molecule has 1 aromatic heterocycles. The minimum Gasteiger partial charge on any atom is -0.375 e. The van der Waals surface area contributed by atoms with Crippen molar-refractivity contribution in [2.75, 3.05) is 26.8 Å². The highest BCUT2D eigenvalue weighted by Crippen LogP contribution is 2.39. The Morgan fingerprint density at radius 1 is 1.20 bits per heavy atom. The lowest BCUT2D eigenvalue weighted by Crippen LogP contribution is -2.47. The lowest BCUT2D eigenvalue weighted by Gasteiger charge is -2.40. The molecule has 0 saturated heterocycles. The van der Waals surface area contributed by atoms with Gasteiger partial charge >= 0.3 is 0 Å². The maximum absolute atomic E-state index is 14.6. The van der Waals surface area contributed by atoms with Gasteiger partial charge in [0, 0.05) is 37.0 Å². The van der Waals surface area contributed by atoms with E-state index in [1.165, 1.54) is 12.0 Å². The summed E-state index contributed by atoms with van der Waals surface area (Å²) >= 11 is 6.24. The normalized spacial score (nSPS) is 13.5. The summed E-state index contributed by atoms with van der Waals surface area (Å²) in [5.41, 5.74) is 7.83. The zero-order valence-electron chi connectivity index (χ0n) is 20.7. The van der Waals surface area contributed by atoms with Gasteiger partial charge in [0.15, 0.2) is 0 Å². The molecule has 8 heteroatoms. The summed E-state index contributed by atoms with van der Waals surface area (Å²) < 4.78 is 21.8. The molecule has 2 unspecified atom stereocenters. The van der Waals surface area contributed by atoms with E-state index in [2.05, 4.69) is 0 Å². The number of nitrogens with two attached hydrogens (primary N) is 1. The molecule has 0 bridgehead atoms. The van der Waals surface area contributed by atoms with E-state index < -0.39 is 17.6 Å². The van der Waals surface area contributed by atoms with Gasteiger partial charge in [0.2, 0.25) is 5.91 Å². The number of nitrogens with zero attached hydrogens (tertiary/aromatic N) is 3. The fourth-order valence-electron chi connectivity index (χ4n) is 4.19. The number of imidazole rings is 1. The van der Waals surface area contributed by atoms with Gasteiger partial charge in [-0.25, -0.2) is 9.37 Å². The number of alkyl halides is 1. The van der Waals surface area contributed by atoms with Crippen LogP contribution in [0.2, 0.25) is 5.02 Å². The van der Waals surface area contributed by atoms with Crippen LogP contribution in [0, 0.1) is 5.41 Å². The van der Waals surface area contributed by atoms with Gasteiger partial charge < -0.3 is 19.9 Å². The number of rotatable bonds is 10. The third-order valence-electron chi connectivity index (χ3n) is 5.73. The number of hydrogen-bond donors (Lipinski definition) is 1. The fraction of sp³-hybridized carbons (Fsp3) is 0.407. The molecule has 6 nitrogen and oxygen atoms in total. The van der Waals surface area contributed by atoms with E-state index in [0.717, 1.165) is 16.8 Å². The molecule has 2 N–H and O–H groups in total. The SMILES string of the molecule is COCC(=O)N(CC(F)CN)C(c1nc(-c2ccccc2)cn1Cc1cccc(Cl)c1)C(C)(C)C. The lowest BCUT2D eigenvalue weighted by atomic mass is 9.84. The van der Waals surface area contributed by atoms with Crippen molar-refractivity contribution in [2.45, 2.75) is 39.5 Å². The molecule has 1 heterocycles. The molecule has 0 spiro atoms. The Morgan fingerprint density at radius 2 is 1.91 bits per heavy atom. The summed E-state index contributed by atoms with van der Waals surface area (Å²) in [6.07, 6.45) is 0.602. The third kappa shape index (κ3) is 6.90. The fourth-order valence-corrected chi connectivity index (χ4v) is 4.41. The van der Waals surface area contributed by atoms with Crippen LogP contribution in [0.15, 0.2) is 60.8 Å². The predicted octanol–water partition coefficient (Wildman–Crippen LogP) is 5.11. The molecule has 1 amide bonds. The number of benzene rings is 2. The van der Waals surface area contributed by atoms with Gasteiger partial charge in [-0.2, -0.15) is 0 Å². The smallest absolute Gasteiger partial charge is 0.249 e. The first-order valence-electron chi connectivity index (χ1n) is 11.6. The molecule has 35 heavy (non-hydrogen) atoms. The van der Waals surface area contributed by atoms with Gasteiger partial charge in [-0.3, -0.25) is 4.79 Å². The van der Waals surface area contributed by atoms with Crippen molar-refractivity contribution in [3.8, 4) is 11.3 Å². The van der Waals surface area contributed by atoms with Crippen molar-refractivity contribution in [2.24, 2.45) is 11.1 Å². The molecule has 2 aromatic carbocycles. The molecular weight excluding hydrogens is 467 g/mol. The summed E-state index contributed by atoms with van der Waals surface area (Å²) in [5, 5.41) is 0.639. The largest absolute Gasteiger partial charge is 0.375 e. The number of aromatic nitrogens is 2. The van der Waals surface area contributed by atoms with Crippen molar-refractivity contribution in [1.82, 2.24) is 14.5 Å². The van der Waals surface area contributed by atoms with Crippen molar-refractivity contribution in [3.63, 3.8) is 0 Å². The minimum absolute atomic E-state index is 0.147. The minimum atomic E-state index is -1.37. The van der Waals surface area contributed by atoms with Crippen LogP contribution in [0.5, 0.6) is 0 Å². The molecule has 0 aliphatic rings. The first-order valence-corrected chi connectivity index (χ1v) is 12.0. The Hall–Kier alpha value is -2.74. The highest BCUT2D eigenvalue weighted by atomic mass is 35.5. The number of hydrogen-bond acceptors (Lipinski definition) is 4. The van der Waals surface area contributed by atoms with Crippen LogP contribution in [-0.2, 0) is 16.1 Å². The van der Waals surface area contributed by atoms with Gasteiger partial charge in [-0.1, -0.05) is 74.8 Å². The molecule has 0 fully saturated rings. The molecule has 0 aliphatic heterocycles. The van der Waals surface area contributed by atoms with E-state index in [1.807, 2.05) is 86.1 Å². The summed E-state index contributed by atoms with van der Waals surface area (Å²) in [7, 11) is 1.45. The Labute approximate surface area is 211 Å². The number of carbonyl (C=O) groups excluding carboxylic acids is 1. The van der Waals surface area contributed by atoms with Crippen molar-refractivity contribution < 1.29 is 13.9 Å². The quantitative estimate of drug-likeness (QED) is 0.420. The number of ether oxygens (including phenoxy) is 1. The maximum atomic E-state index is 14.6. The van der Waals surface area contributed by atoms with Gasteiger partial charge in [0.1, 0.15) is 18.6 Å². The Balaban J connectivity index is 2.17. The van der Waals surface area contributed by atoms with Crippen LogP contribution < -0.4 is 5.73 Å². The summed E-state index contributed by atoms with van der Waals surface area (Å²) in [6.45, 7) is 6.04. The zero-order valence-corrected chi connectivity index (χ0v) is 21.5. The highest BCUT2D eigenvalue weighted by Gasteiger charge is 2.39. The Bertz CT molecular complexity index is 1110. The number of amides is 1. The predicted molar refractivity (Wildman–Crippen MR) is 138 cm³/mol. The van der Waals surface area contributed by atoms with Crippen LogP contribution >= 0.6 is 11.6 Å². The van der Waals surface area contributed by atoms with E-state index in [4.69, 9.17) is 27.1 Å². The second kappa shape index (κ2) is 11.8. The average Bonchev–Trinajstić information content (AvgIpc) is 3.21. The van der Waals surface area contributed by atoms with Gasteiger partial charge in [-0.05, 0) is 23.1 Å². The number of carbonyl (C=O) groups is 1. The van der Waals surface area contributed by atoms with Crippen molar-refractivity contribution in [3.05, 3.63) is 77.2 Å². The Morgan fingerprint density at radius 3 is 2.51 bits per heavy atom. The highest BCUT2D eigenvalue weighted by molar-refractivity contribution is 6.30. The standard InChI is InChI=1S/C27H34ClFN4O2/c1-27(2,3)25(33(16-22(29)14-30)24(34)18-35-4)26-31-23(20-10-6-5-7-11-20)17-32(26)15-19-9-8-12-21(28)13-19/h5-13,17,22,25H,14-16,18,30H2,1-4H3. The van der Waals surface area contributed by atoms with Crippen LogP contribution in [0.1, 0.15) is 38.2 Å². The molecule has 0 saturated carbocycles. The van der Waals surface area contributed by atoms with Crippen molar-refractivity contribution in [1.29, 1.82) is 0 Å². The number of halogens is 2.